The predicted octanol–water partition coefficient (Wildman–Crippen LogP) is 7.72. The SMILES string of the molecule is [2H]C([2H])([2H])c1ccc(-c2[c-]cccc2)nc1.[2H]C([2H])(c1ccnc(-c2[c-]ccc3c2Oc2cccc4c2B3c2ccccc2O4)c1)C(C)(C)C.[Ir]. The smallest absolute Gasteiger partial charge is 0.241 e. The number of pyridine rings is 2. The Morgan fingerprint density at radius 2 is 1.59 bits per heavy atom. The monoisotopic (exact) mass is 782 g/mol. The number of nitrogens with zero attached hydrogens (tertiary/aromatic N) is 2. The van der Waals surface area contributed by atoms with Crippen molar-refractivity contribution < 1.29 is 36.4 Å². The maximum Gasteiger partial charge on any atom is 0.241 e. The van der Waals surface area contributed by atoms with Gasteiger partial charge in [0.05, 0.1) is 0 Å². The number of ether oxygens (including phenoxy) is 2. The van der Waals surface area contributed by atoms with Crippen LogP contribution in [0.5, 0.6) is 23.0 Å². The van der Waals surface area contributed by atoms with E-state index in [9.17, 15) is 0 Å². The molecular formula is C40H33BIrN2O2-2. The Bertz CT molecular complexity index is 2190. The van der Waals surface area contributed by atoms with E-state index in [1.807, 2.05) is 93.6 Å². The molecule has 4 nitrogen and oxygen atoms in total. The molecule has 0 fully saturated rings. The topological polar surface area (TPSA) is 44.2 Å². The molecule has 0 atom stereocenters. The molecule has 8 rings (SSSR count). The second kappa shape index (κ2) is 13.1. The average molecular weight is 782 g/mol. The Labute approximate surface area is 292 Å². The van der Waals surface area contributed by atoms with Gasteiger partial charge in [-0.2, -0.15) is 0 Å². The Kier molecular flexibility index (Phi) is 7.30. The van der Waals surface area contributed by atoms with Gasteiger partial charge in [0.25, 0.3) is 0 Å². The van der Waals surface area contributed by atoms with Crippen LogP contribution in [0.3, 0.4) is 0 Å². The van der Waals surface area contributed by atoms with E-state index in [0.717, 1.165) is 50.5 Å². The number of fused-ring (bicyclic) bond motifs is 4. The molecule has 6 aromatic rings. The molecule has 0 bridgehead atoms. The first kappa shape index (κ1) is 25.7. The van der Waals surface area contributed by atoms with Crippen LogP contribution >= 0.6 is 0 Å². The summed E-state index contributed by atoms with van der Waals surface area (Å²) in [6.07, 6.45) is 1.53. The zero-order chi connectivity index (χ0) is 35.3. The van der Waals surface area contributed by atoms with Crippen LogP contribution in [0.4, 0.5) is 0 Å². The third kappa shape index (κ3) is 6.42. The van der Waals surface area contributed by atoms with E-state index in [2.05, 4.69) is 28.2 Å². The van der Waals surface area contributed by atoms with E-state index in [0.29, 0.717) is 17.0 Å². The van der Waals surface area contributed by atoms with Gasteiger partial charge in [0, 0.05) is 50.6 Å². The van der Waals surface area contributed by atoms with Crippen LogP contribution in [0.1, 0.15) is 38.8 Å². The van der Waals surface area contributed by atoms with E-state index in [4.69, 9.17) is 16.3 Å². The summed E-state index contributed by atoms with van der Waals surface area (Å²) >= 11 is 0. The molecule has 0 aliphatic carbocycles. The Morgan fingerprint density at radius 1 is 0.783 bits per heavy atom. The van der Waals surface area contributed by atoms with Crippen molar-refractivity contribution in [3.05, 3.63) is 139 Å². The van der Waals surface area contributed by atoms with Crippen LogP contribution in [0.2, 0.25) is 0 Å². The van der Waals surface area contributed by atoms with Gasteiger partial charge >= 0.3 is 0 Å². The molecule has 1 radical (unpaired) electrons. The summed E-state index contributed by atoms with van der Waals surface area (Å²) in [5.74, 6) is 3.11. The fourth-order valence-electron chi connectivity index (χ4n) is 5.72. The number of rotatable bonds is 3. The number of hydrogen-bond donors (Lipinski definition) is 0. The van der Waals surface area contributed by atoms with Crippen molar-refractivity contribution in [2.75, 3.05) is 0 Å². The zero-order valence-corrected chi connectivity index (χ0v) is 28.0. The molecule has 0 N–H and O–H groups in total. The Balaban J connectivity index is 0.000000222. The maximum atomic E-state index is 8.72. The summed E-state index contributed by atoms with van der Waals surface area (Å²) in [4.78, 5) is 8.72. The fourth-order valence-corrected chi connectivity index (χ4v) is 5.72. The number of hydrogen-bond acceptors (Lipinski definition) is 4. The molecular weight excluding hydrogens is 743 g/mol. The van der Waals surface area contributed by atoms with Crippen molar-refractivity contribution in [3.63, 3.8) is 0 Å². The molecule has 0 amide bonds. The Morgan fingerprint density at radius 3 is 2.35 bits per heavy atom. The molecule has 4 heterocycles. The average Bonchev–Trinajstić information content (AvgIpc) is 3.11. The van der Waals surface area contributed by atoms with Gasteiger partial charge in [0.1, 0.15) is 17.2 Å². The van der Waals surface area contributed by atoms with Crippen LogP contribution < -0.4 is 25.9 Å². The van der Waals surface area contributed by atoms with E-state index in [1.165, 1.54) is 6.20 Å². The summed E-state index contributed by atoms with van der Waals surface area (Å²) in [5.41, 5.74) is 6.38. The van der Waals surface area contributed by atoms with Crippen molar-refractivity contribution in [2.24, 2.45) is 5.41 Å². The van der Waals surface area contributed by atoms with E-state index in [1.54, 1.807) is 30.5 Å². The first-order valence-corrected chi connectivity index (χ1v) is 14.9. The van der Waals surface area contributed by atoms with Crippen molar-refractivity contribution in [2.45, 2.75) is 34.0 Å². The van der Waals surface area contributed by atoms with Crippen LogP contribution in [0, 0.1) is 24.4 Å². The van der Waals surface area contributed by atoms with E-state index >= 15 is 0 Å². The minimum Gasteiger partial charge on any atom is -0.503 e. The van der Waals surface area contributed by atoms with Crippen molar-refractivity contribution >= 4 is 23.1 Å². The zero-order valence-electron chi connectivity index (χ0n) is 30.6. The quantitative estimate of drug-likeness (QED) is 0.136. The van der Waals surface area contributed by atoms with Gasteiger partial charge in [0.15, 0.2) is 0 Å². The van der Waals surface area contributed by atoms with Crippen molar-refractivity contribution in [1.82, 2.24) is 9.97 Å². The largest absolute Gasteiger partial charge is 0.503 e. The number of para-hydroxylation sites is 1. The molecule has 2 aliphatic rings. The fraction of sp³-hybridized carbons (Fsp3) is 0.150. The summed E-state index contributed by atoms with van der Waals surface area (Å²) in [6.45, 7) is 3.60. The van der Waals surface area contributed by atoms with Crippen LogP contribution in [-0.4, -0.2) is 16.7 Å². The van der Waals surface area contributed by atoms with Gasteiger partial charge in [-0.1, -0.05) is 74.4 Å². The van der Waals surface area contributed by atoms with Gasteiger partial charge < -0.3 is 19.4 Å². The molecule has 0 saturated carbocycles. The van der Waals surface area contributed by atoms with E-state index < -0.39 is 18.6 Å². The standard InChI is InChI=1S/C28H23BNO2.C12H10N.Ir/c1-28(2,3)17-18-14-15-30-22(16-18)19-8-6-10-21-27(19)32-25-13-7-12-24-26(25)29(21)20-9-4-5-11-23(20)31-24;1-10-7-8-12(13-9-10)11-5-3-2-4-6-11;/h4-7,9-16H,17H2,1-3H3;2-5,7-9H,1H3;/q2*-1;/i17D2;1D3;. The van der Waals surface area contributed by atoms with Gasteiger partial charge in [-0.25, -0.2) is 0 Å². The number of benzene rings is 4. The maximum absolute atomic E-state index is 8.72. The first-order chi connectivity index (χ1) is 23.8. The van der Waals surface area contributed by atoms with Crippen molar-refractivity contribution in [1.29, 1.82) is 0 Å². The minimum absolute atomic E-state index is 0. The molecule has 2 aliphatic heterocycles. The Hall–Kier alpha value is -4.51. The summed E-state index contributed by atoms with van der Waals surface area (Å²) in [7, 11) is 0. The molecule has 0 spiro atoms. The van der Waals surface area contributed by atoms with Crippen LogP contribution in [0.25, 0.3) is 22.5 Å². The third-order valence-corrected chi connectivity index (χ3v) is 7.55. The summed E-state index contributed by atoms with van der Waals surface area (Å²) in [5, 5.41) is 0. The first-order valence-electron chi connectivity index (χ1n) is 17.4. The molecule has 46 heavy (non-hydrogen) atoms. The van der Waals surface area contributed by atoms with Crippen LogP contribution in [0.15, 0.2) is 116 Å². The van der Waals surface area contributed by atoms with Crippen LogP contribution in [-0.2, 0) is 26.5 Å². The second-order valence-corrected chi connectivity index (χ2v) is 12.0. The molecule has 0 saturated heterocycles. The van der Waals surface area contributed by atoms with E-state index in [-0.39, 0.29) is 32.4 Å². The molecule has 4 aromatic carbocycles. The molecule has 2 aromatic heterocycles. The molecule has 6 heteroatoms. The normalized spacial score (nSPS) is 14.3. The third-order valence-electron chi connectivity index (χ3n) is 7.55. The van der Waals surface area contributed by atoms with Gasteiger partial charge in [-0.3, -0.25) is 0 Å². The molecule has 229 valence electrons. The summed E-state index contributed by atoms with van der Waals surface area (Å²) < 4.78 is 51.8. The number of aryl methyl sites for hydroxylation is 1. The van der Waals surface area contributed by atoms with Gasteiger partial charge in [-0.15, -0.1) is 59.6 Å². The molecule has 0 unspecified atom stereocenters. The predicted molar refractivity (Wildman–Crippen MR) is 183 cm³/mol. The number of aromatic nitrogens is 2. The van der Waals surface area contributed by atoms with Crippen molar-refractivity contribution in [3.8, 4) is 45.5 Å². The minimum atomic E-state index is -2.09. The van der Waals surface area contributed by atoms with Gasteiger partial charge in [-0.05, 0) is 65.3 Å². The summed E-state index contributed by atoms with van der Waals surface area (Å²) in [6, 6.07) is 38.6. The van der Waals surface area contributed by atoms with Gasteiger partial charge in [0.2, 0.25) is 6.71 Å². The second-order valence-electron chi connectivity index (χ2n) is 12.0.